The summed E-state index contributed by atoms with van der Waals surface area (Å²) >= 11 is 7.85. The molecule has 6 atom stereocenters. The van der Waals surface area contributed by atoms with E-state index in [1.807, 2.05) is 24.3 Å². The topological polar surface area (TPSA) is 60.0 Å². The second-order valence-electron chi connectivity index (χ2n) is 12.5. The number of benzene rings is 2. The number of nitrogens with one attached hydrogen (secondary N) is 1. The quantitative estimate of drug-likeness (QED) is 0.374. The van der Waals surface area contributed by atoms with Crippen LogP contribution in [0.4, 0.5) is 5.69 Å². The highest BCUT2D eigenvalue weighted by atomic mass is 35.5. The van der Waals surface area contributed by atoms with Crippen LogP contribution in [0.3, 0.4) is 0 Å². The van der Waals surface area contributed by atoms with Crippen LogP contribution in [-0.4, -0.2) is 56.3 Å². The van der Waals surface area contributed by atoms with E-state index in [1.165, 1.54) is 35.9 Å². The fourth-order valence-corrected chi connectivity index (χ4v) is 8.55. The monoisotopic (exact) mass is 582 g/mol. The number of amides is 1. The molecule has 2 aliphatic carbocycles. The van der Waals surface area contributed by atoms with Gasteiger partial charge in [-0.25, -0.2) is 0 Å². The SMILES string of the molecule is C[C@H]1C[C@@H]2C[C@H](O1)[C@@H]1CC[C@H]1CN1C[C@@]3(CCCc4cc(Cl)ccc43)COc3ccc(cc31)C(=O)NSCCO2. The van der Waals surface area contributed by atoms with Gasteiger partial charge in [-0.1, -0.05) is 17.7 Å². The molecule has 214 valence electrons. The normalized spacial score (nSPS) is 34.0. The minimum Gasteiger partial charge on any atom is -0.490 e. The van der Waals surface area contributed by atoms with Crippen LogP contribution in [0.5, 0.6) is 5.75 Å². The molecule has 1 saturated carbocycles. The third-order valence-electron chi connectivity index (χ3n) is 9.91. The Bertz CT molecular complexity index is 1280. The first-order valence-corrected chi connectivity index (χ1v) is 16.3. The number of carbonyl (C=O) groups is 1. The van der Waals surface area contributed by atoms with E-state index in [9.17, 15) is 4.79 Å². The summed E-state index contributed by atoms with van der Waals surface area (Å²) < 4.78 is 22.5. The molecule has 40 heavy (non-hydrogen) atoms. The number of fused-ring (bicyclic) bond motifs is 7. The summed E-state index contributed by atoms with van der Waals surface area (Å²) in [5.41, 5.74) is 4.29. The molecule has 3 heterocycles. The molecule has 2 fully saturated rings. The van der Waals surface area contributed by atoms with E-state index < -0.39 is 0 Å². The Morgan fingerprint density at radius 3 is 2.95 bits per heavy atom. The summed E-state index contributed by atoms with van der Waals surface area (Å²) in [6.45, 7) is 5.24. The van der Waals surface area contributed by atoms with Crippen LogP contribution in [-0.2, 0) is 21.3 Å². The zero-order chi connectivity index (χ0) is 27.3. The van der Waals surface area contributed by atoms with Crippen molar-refractivity contribution in [1.82, 2.24) is 4.72 Å². The number of ether oxygens (including phenoxy) is 3. The molecule has 2 aromatic rings. The van der Waals surface area contributed by atoms with Gasteiger partial charge in [0.1, 0.15) is 5.75 Å². The van der Waals surface area contributed by atoms with Crippen LogP contribution >= 0.6 is 23.5 Å². The smallest absolute Gasteiger partial charge is 0.261 e. The molecule has 5 aliphatic rings. The molecule has 0 aromatic heterocycles. The Hall–Kier alpha value is -1.93. The predicted octanol–water partition coefficient (Wildman–Crippen LogP) is 6.18. The van der Waals surface area contributed by atoms with Crippen molar-refractivity contribution >= 4 is 35.1 Å². The first kappa shape index (κ1) is 26.9. The van der Waals surface area contributed by atoms with Gasteiger partial charge >= 0.3 is 0 Å². The molecule has 1 spiro atoms. The average molecular weight is 583 g/mol. The van der Waals surface area contributed by atoms with Crippen molar-refractivity contribution in [2.24, 2.45) is 11.8 Å². The molecule has 2 aromatic carbocycles. The van der Waals surface area contributed by atoms with Gasteiger partial charge in [0.2, 0.25) is 0 Å². The summed E-state index contributed by atoms with van der Waals surface area (Å²) in [6, 6.07) is 12.3. The molecule has 1 saturated heterocycles. The van der Waals surface area contributed by atoms with Gasteiger partial charge in [0.05, 0.1) is 37.2 Å². The number of hydrogen-bond donors (Lipinski definition) is 1. The third kappa shape index (κ3) is 5.12. The summed E-state index contributed by atoms with van der Waals surface area (Å²) in [6.07, 6.45) is 8.23. The minimum absolute atomic E-state index is 0.0715. The zero-order valence-corrected chi connectivity index (χ0v) is 24.8. The van der Waals surface area contributed by atoms with Gasteiger partial charge in [-0.2, -0.15) is 0 Å². The van der Waals surface area contributed by atoms with Crippen molar-refractivity contribution < 1.29 is 19.0 Å². The Morgan fingerprint density at radius 1 is 1.15 bits per heavy atom. The maximum absolute atomic E-state index is 13.2. The molecule has 0 unspecified atom stereocenters. The summed E-state index contributed by atoms with van der Waals surface area (Å²) in [7, 11) is 0. The summed E-state index contributed by atoms with van der Waals surface area (Å²) in [5, 5.41) is 0.800. The van der Waals surface area contributed by atoms with Gasteiger partial charge in [0, 0.05) is 41.3 Å². The van der Waals surface area contributed by atoms with Crippen LogP contribution in [0, 0.1) is 11.8 Å². The van der Waals surface area contributed by atoms with E-state index in [4.69, 9.17) is 25.8 Å². The lowest BCUT2D eigenvalue weighted by molar-refractivity contribution is -0.146. The number of aryl methyl sites for hydroxylation is 1. The van der Waals surface area contributed by atoms with E-state index in [0.717, 1.165) is 67.4 Å². The van der Waals surface area contributed by atoms with Crippen LogP contribution in [0.2, 0.25) is 5.02 Å². The number of nitrogens with zero attached hydrogens (tertiary/aromatic N) is 1. The first-order chi connectivity index (χ1) is 19.5. The number of rotatable bonds is 0. The number of hydrogen-bond acceptors (Lipinski definition) is 6. The van der Waals surface area contributed by atoms with Crippen LogP contribution in [0.1, 0.15) is 66.9 Å². The lowest BCUT2D eigenvalue weighted by Gasteiger charge is -2.48. The van der Waals surface area contributed by atoms with Crippen molar-refractivity contribution in [1.29, 1.82) is 0 Å². The van der Waals surface area contributed by atoms with Gasteiger partial charge in [-0.05, 0) is 111 Å². The van der Waals surface area contributed by atoms with E-state index in [-0.39, 0.29) is 29.6 Å². The Labute approximate surface area is 246 Å². The van der Waals surface area contributed by atoms with E-state index in [1.54, 1.807) is 0 Å². The highest BCUT2D eigenvalue weighted by molar-refractivity contribution is 7.97. The van der Waals surface area contributed by atoms with Crippen molar-refractivity contribution in [3.8, 4) is 5.75 Å². The highest BCUT2D eigenvalue weighted by Crippen LogP contribution is 2.48. The summed E-state index contributed by atoms with van der Waals surface area (Å²) in [5.74, 6) is 2.59. The van der Waals surface area contributed by atoms with Gasteiger partial charge in [-0.15, -0.1) is 0 Å². The molecular formula is C32H39ClN2O4S. The molecule has 3 aliphatic heterocycles. The van der Waals surface area contributed by atoms with Gasteiger partial charge in [-0.3, -0.25) is 9.52 Å². The lowest BCUT2D eigenvalue weighted by Crippen LogP contribution is -2.51. The molecule has 7 rings (SSSR count). The van der Waals surface area contributed by atoms with Crippen molar-refractivity contribution in [2.75, 3.05) is 37.0 Å². The van der Waals surface area contributed by atoms with Crippen LogP contribution in [0.25, 0.3) is 0 Å². The Balaban J connectivity index is 1.26. The Kier molecular flexibility index (Phi) is 7.44. The summed E-state index contributed by atoms with van der Waals surface area (Å²) in [4.78, 5) is 15.7. The lowest BCUT2D eigenvalue weighted by atomic mass is 9.67. The minimum atomic E-state index is -0.121. The van der Waals surface area contributed by atoms with Crippen LogP contribution in [0.15, 0.2) is 36.4 Å². The molecule has 4 bridgehead atoms. The van der Waals surface area contributed by atoms with Gasteiger partial charge in [0.25, 0.3) is 5.91 Å². The van der Waals surface area contributed by atoms with Gasteiger partial charge in [0.15, 0.2) is 0 Å². The molecule has 1 amide bonds. The highest BCUT2D eigenvalue weighted by Gasteiger charge is 2.46. The van der Waals surface area contributed by atoms with Gasteiger partial charge < -0.3 is 19.1 Å². The second-order valence-corrected chi connectivity index (χ2v) is 13.9. The van der Waals surface area contributed by atoms with Crippen molar-refractivity contribution in [2.45, 2.75) is 75.6 Å². The van der Waals surface area contributed by atoms with Crippen molar-refractivity contribution in [3.63, 3.8) is 0 Å². The Morgan fingerprint density at radius 2 is 2.08 bits per heavy atom. The number of anilines is 1. The molecule has 8 heteroatoms. The number of halogens is 1. The van der Waals surface area contributed by atoms with E-state index >= 15 is 0 Å². The van der Waals surface area contributed by atoms with E-state index in [0.29, 0.717) is 30.6 Å². The number of carbonyl (C=O) groups excluding carboxylic acids is 1. The van der Waals surface area contributed by atoms with Crippen molar-refractivity contribution in [3.05, 3.63) is 58.1 Å². The zero-order valence-electron chi connectivity index (χ0n) is 23.2. The standard InChI is InChI=1S/C32H39ClN2O4S/c1-20-13-25-16-30(39-20)26-7-4-23(26)17-35-18-32(10-2-3-21-14-24(33)6-8-27(21)32)19-38-29-9-5-22(15-28(29)35)31(36)34-40-12-11-37-25/h5-6,8-9,14-15,20,23,25-26,30H,2-4,7,10-13,16-19H2,1H3,(H,34,36)/t20-,23-,25+,26+,30-,32-/m0/s1. The largest absolute Gasteiger partial charge is 0.490 e. The molecular weight excluding hydrogens is 544 g/mol. The molecule has 0 radical (unpaired) electrons. The maximum Gasteiger partial charge on any atom is 0.261 e. The van der Waals surface area contributed by atoms with Crippen LogP contribution < -0.4 is 14.4 Å². The fourth-order valence-electron chi connectivity index (χ4n) is 7.83. The third-order valence-corrected chi connectivity index (χ3v) is 10.8. The molecule has 6 nitrogen and oxygen atoms in total. The first-order valence-electron chi connectivity index (χ1n) is 15.0. The predicted molar refractivity (Wildman–Crippen MR) is 160 cm³/mol. The maximum atomic E-state index is 13.2. The molecule has 1 N–H and O–H groups in total. The van der Waals surface area contributed by atoms with E-state index in [2.05, 4.69) is 28.7 Å². The second kappa shape index (κ2) is 11.0. The average Bonchev–Trinajstić information content (AvgIpc) is 3.07. The fraction of sp³-hybridized carbons (Fsp3) is 0.594.